The summed E-state index contributed by atoms with van der Waals surface area (Å²) in [6.45, 7) is 7.60. The van der Waals surface area contributed by atoms with Gasteiger partial charge in [0.2, 0.25) is 0 Å². The Morgan fingerprint density at radius 3 is 2.72 bits per heavy atom. The highest BCUT2D eigenvalue weighted by Crippen LogP contribution is 2.32. The molecule has 2 aromatic heterocycles. The highest BCUT2D eigenvalue weighted by Gasteiger charge is 2.24. The number of carbonyl (C=O) groups is 1. The monoisotopic (exact) mass is 470 g/mol. The molecule has 0 aliphatic heterocycles. The number of hydrogen-bond donors (Lipinski definition) is 1. The van der Waals surface area contributed by atoms with E-state index in [1.54, 1.807) is 17.5 Å². The van der Waals surface area contributed by atoms with Gasteiger partial charge in [0.05, 0.1) is 15.8 Å². The van der Waals surface area contributed by atoms with Gasteiger partial charge in [0.25, 0.3) is 5.91 Å². The molecule has 5 nitrogen and oxygen atoms in total. The molecule has 0 aliphatic carbocycles. The number of halogens is 1. The van der Waals surface area contributed by atoms with Gasteiger partial charge in [-0.1, -0.05) is 59.3 Å². The molecule has 0 spiro atoms. The fourth-order valence-corrected chi connectivity index (χ4v) is 5.00. The molecule has 7 heteroatoms. The summed E-state index contributed by atoms with van der Waals surface area (Å²) in [6, 6.07) is 13.9. The molecule has 0 fully saturated rings. The molecule has 0 atom stereocenters. The first kappa shape index (κ1) is 20.1. The van der Waals surface area contributed by atoms with E-state index in [1.165, 1.54) is 0 Å². The van der Waals surface area contributed by atoms with E-state index in [1.807, 2.05) is 41.3 Å². The lowest BCUT2D eigenvalue weighted by Crippen LogP contribution is -2.38. The zero-order valence-electron chi connectivity index (χ0n) is 16.5. The summed E-state index contributed by atoms with van der Waals surface area (Å²) in [5.74, 6) is -0.0206. The Morgan fingerprint density at radius 1 is 1.14 bits per heavy atom. The molecular formula is C22H23BrN4OS. The van der Waals surface area contributed by atoms with Crippen LogP contribution < -0.4 is 4.90 Å². The Balaban J connectivity index is 1.73. The number of H-pyrrole nitrogens is 1. The number of nitrogens with zero attached hydrogens (tertiary/aromatic N) is 3. The van der Waals surface area contributed by atoms with Crippen molar-refractivity contribution in [2.24, 2.45) is 0 Å². The first-order valence-electron chi connectivity index (χ1n) is 9.77. The second-order valence-electron chi connectivity index (χ2n) is 6.84. The van der Waals surface area contributed by atoms with E-state index in [2.05, 4.69) is 45.7 Å². The molecule has 0 saturated heterocycles. The standard InChI is InChI=1S/C22H23BrN4OS/c1-3-26(4-2)11-12-27(22-25-19-10-9-15(23)13-20(19)29-22)21(28)17-14-24-18-8-6-5-7-16(17)18/h5-10,13-14,24H,3-4,11-12H2,1-2H3. The molecule has 0 saturated carbocycles. The first-order chi connectivity index (χ1) is 14.1. The molecule has 1 N–H and O–H groups in total. The predicted molar refractivity (Wildman–Crippen MR) is 125 cm³/mol. The van der Waals surface area contributed by atoms with Gasteiger partial charge in [0.1, 0.15) is 0 Å². The zero-order valence-corrected chi connectivity index (χ0v) is 18.9. The summed E-state index contributed by atoms with van der Waals surface area (Å²) >= 11 is 5.07. The second kappa shape index (κ2) is 8.65. The smallest absolute Gasteiger partial charge is 0.262 e. The van der Waals surface area contributed by atoms with Gasteiger partial charge >= 0.3 is 0 Å². The van der Waals surface area contributed by atoms with Crippen LogP contribution in [0.2, 0.25) is 0 Å². The van der Waals surface area contributed by atoms with Crippen LogP contribution in [0.25, 0.3) is 21.1 Å². The normalized spacial score (nSPS) is 11.6. The quantitative estimate of drug-likeness (QED) is 0.386. The fourth-order valence-electron chi connectivity index (χ4n) is 3.46. The van der Waals surface area contributed by atoms with Crippen molar-refractivity contribution in [3.05, 3.63) is 58.7 Å². The molecule has 2 aromatic carbocycles. The number of benzene rings is 2. The topological polar surface area (TPSA) is 52.2 Å². The molecule has 0 bridgehead atoms. The van der Waals surface area contributed by atoms with Crippen molar-refractivity contribution in [1.82, 2.24) is 14.9 Å². The van der Waals surface area contributed by atoms with Gasteiger partial charge in [0.15, 0.2) is 5.13 Å². The molecule has 0 unspecified atom stereocenters. The van der Waals surface area contributed by atoms with Crippen molar-refractivity contribution in [1.29, 1.82) is 0 Å². The number of para-hydroxylation sites is 1. The lowest BCUT2D eigenvalue weighted by Gasteiger charge is -2.24. The SMILES string of the molecule is CCN(CC)CCN(C(=O)c1c[nH]c2ccccc12)c1nc2ccc(Br)cc2s1. The van der Waals surface area contributed by atoms with Crippen LogP contribution in [0.15, 0.2) is 53.1 Å². The summed E-state index contributed by atoms with van der Waals surface area (Å²) in [5.41, 5.74) is 2.56. The van der Waals surface area contributed by atoms with Crippen molar-refractivity contribution in [3.63, 3.8) is 0 Å². The molecule has 0 radical (unpaired) electrons. The van der Waals surface area contributed by atoms with Crippen molar-refractivity contribution >= 4 is 59.4 Å². The Morgan fingerprint density at radius 2 is 1.93 bits per heavy atom. The van der Waals surface area contributed by atoms with Crippen molar-refractivity contribution in [2.75, 3.05) is 31.1 Å². The third-order valence-corrected chi connectivity index (χ3v) is 6.70. The van der Waals surface area contributed by atoms with Crippen molar-refractivity contribution in [3.8, 4) is 0 Å². The molecular weight excluding hydrogens is 448 g/mol. The molecule has 1 amide bonds. The Bertz CT molecular complexity index is 1150. The summed E-state index contributed by atoms with van der Waals surface area (Å²) in [6.07, 6.45) is 1.81. The maximum Gasteiger partial charge on any atom is 0.262 e. The van der Waals surface area contributed by atoms with Gasteiger partial charge in [-0.25, -0.2) is 4.98 Å². The number of rotatable bonds is 7. The van der Waals surface area contributed by atoms with E-state index in [4.69, 9.17) is 4.98 Å². The van der Waals surface area contributed by atoms with Crippen LogP contribution in [0.3, 0.4) is 0 Å². The lowest BCUT2D eigenvalue weighted by molar-refractivity contribution is 0.0985. The fraction of sp³-hybridized carbons (Fsp3) is 0.273. The first-order valence-corrected chi connectivity index (χ1v) is 11.4. The highest BCUT2D eigenvalue weighted by molar-refractivity contribution is 9.10. The Hall–Kier alpha value is -2.22. The van der Waals surface area contributed by atoms with E-state index in [0.29, 0.717) is 12.1 Å². The highest BCUT2D eigenvalue weighted by atomic mass is 79.9. The number of thiazole rings is 1. The van der Waals surface area contributed by atoms with Gasteiger partial charge in [0, 0.05) is 34.7 Å². The minimum absolute atomic E-state index is 0.0206. The number of nitrogens with one attached hydrogen (secondary N) is 1. The molecule has 0 aliphatic rings. The number of amides is 1. The van der Waals surface area contributed by atoms with Crippen LogP contribution in [0.1, 0.15) is 24.2 Å². The minimum atomic E-state index is -0.0206. The number of hydrogen-bond acceptors (Lipinski definition) is 4. The van der Waals surface area contributed by atoms with Crippen LogP contribution in [0, 0.1) is 0 Å². The predicted octanol–water partition coefficient (Wildman–Crippen LogP) is 5.53. The van der Waals surface area contributed by atoms with E-state index < -0.39 is 0 Å². The molecule has 4 aromatic rings. The Kier molecular flexibility index (Phi) is 5.99. The second-order valence-corrected chi connectivity index (χ2v) is 8.76. The van der Waals surface area contributed by atoms with E-state index in [9.17, 15) is 4.79 Å². The zero-order chi connectivity index (χ0) is 20.4. The molecule has 4 rings (SSSR count). The Labute approximate surface area is 182 Å². The molecule has 2 heterocycles. The van der Waals surface area contributed by atoms with Crippen molar-refractivity contribution in [2.45, 2.75) is 13.8 Å². The molecule has 29 heavy (non-hydrogen) atoms. The summed E-state index contributed by atoms with van der Waals surface area (Å²) in [4.78, 5) is 25.7. The average molecular weight is 471 g/mol. The third kappa shape index (κ3) is 4.08. The lowest BCUT2D eigenvalue weighted by atomic mass is 10.1. The number of anilines is 1. The van der Waals surface area contributed by atoms with Gasteiger partial charge in [-0.05, 0) is 37.4 Å². The number of aromatic nitrogens is 2. The number of carbonyl (C=O) groups excluding carboxylic acids is 1. The maximum atomic E-state index is 13.6. The van der Waals surface area contributed by atoms with E-state index >= 15 is 0 Å². The van der Waals surface area contributed by atoms with Gasteiger partial charge in [-0.3, -0.25) is 9.69 Å². The van der Waals surface area contributed by atoms with Crippen molar-refractivity contribution < 1.29 is 4.79 Å². The van der Waals surface area contributed by atoms with Crippen LogP contribution in [-0.4, -0.2) is 47.0 Å². The van der Waals surface area contributed by atoms with Gasteiger partial charge in [-0.2, -0.15) is 0 Å². The largest absolute Gasteiger partial charge is 0.360 e. The summed E-state index contributed by atoms with van der Waals surface area (Å²) in [5, 5.41) is 1.68. The van der Waals surface area contributed by atoms with Crippen LogP contribution in [0.5, 0.6) is 0 Å². The summed E-state index contributed by atoms with van der Waals surface area (Å²) in [7, 11) is 0. The van der Waals surface area contributed by atoms with E-state index in [0.717, 1.165) is 50.4 Å². The number of fused-ring (bicyclic) bond motifs is 2. The van der Waals surface area contributed by atoms with Gasteiger partial charge in [-0.15, -0.1) is 0 Å². The van der Waals surface area contributed by atoms with Crippen LogP contribution >= 0.6 is 27.3 Å². The third-order valence-electron chi connectivity index (χ3n) is 5.17. The van der Waals surface area contributed by atoms with E-state index in [-0.39, 0.29) is 5.91 Å². The van der Waals surface area contributed by atoms with Crippen LogP contribution in [0.4, 0.5) is 5.13 Å². The molecule has 150 valence electrons. The number of aromatic amines is 1. The number of likely N-dealkylation sites (N-methyl/N-ethyl adjacent to an activating group) is 1. The van der Waals surface area contributed by atoms with Crippen LogP contribution in [-0.2, 0) is 0 Å². The average Bonchev–Trinajstić information content (AvgIpc) is 3.34. The van der Waals surface area contributed by atoms with Gasteiger partial charge < -0.3 is 9.88 Å². The minimum Gasteiger partial charge on any atom is -0.360 e. The summed E-state index contributed by atoms with van der Waals surface area (Å²) < 4.78 is 2.08. The maximum absolute atomic E-state index is 13.6.